The summed E-state index contributed by atoms with van der Waals surface area (Å²) in [5.41, 5.74) is 4.74. The average Bonchev–Trinajstić information content (AvgIpc) is 3.69. The monoisotopic (exact) mass is 488 g/mol. The number of fused-ring (bicyclic) bond motifs is 3. The molecule has 0 amide bonds. The number of hydrogen-bond acceptors (Lipinski definition) is 7. The van der Waals surface area contributed by atoms with E-state index in [0.717, 1.165) is 58.9 Å². The first-order valence-corrected chi connectivity index (χ1v) is 12.7. The van der Waals surface area contributed by atoms with Crippen molar-refractivity contribution < 1.29 is 9.47 Å². The lowest BCUT2D eigenvalue weighted by molar-refractivity contribution is 0.111. The largest absolute Gasteiger partial charge is 0.478 e. The predicted octanol–water partition coefficient (Wildman–Crippen LogP) is 3.05. The van der Waals surface area contributed by atoms with E-state index in [9.17, 15) is 4.79 Å². The Balaban J connectivity index is 1.39. The van der Waals surface area contributed by atoms with Gasteiger partial charge >= 0.3 is 5.69 Å². The second-order valence-electron chi connectivity index (χ2n) is 9.88. The minimum Gasteiger partial charge on any atom is -0.478 e. The second kappa shape index (κ2) is 9.55. The second-order valence-corrected chi connectivity index (χ2v) is 9.88. The van der Waals surface area contributed by atoms with Crippen molar-refractivity contribution >= 4 is 21.9 Å². The molecule has 1 saturated carbocycles. The van der Waals surface area contributed by atoms with Gasteiger partial charge in [0, 0.05) is 35.8 Å². The first kappa shape index (κ1) is 23.0. The van der Waals surface area contributed by atoms with E-state index in [-0.39, 0.29) is 11.7 Å². The van der Waals surface area contributed by atoms with Gasteiger partial charge in [-0.3, -0.25) is 9.55 Å². The van der Waals surface area contributed by atoms with Gasteiger partial charge in [-0.2, -0.15) is 0 Å². The molecule has 2 fully saturated rings. The van der Waals surface area contributed by atoms with Gasteiger partial charge in [0.15, 0.2) is 0 Å². The number of benzene rings is 1. The zero-order valence-electron chi connectivity index (χ0n) is 20.9. The first-order valence-electron chi connectivity index (χ1n) is 12.7. The summed E-state index contributed by atoms with van der Waals surface area (Å²) in [4.78, 5) is 25.0. The molecule has 6 rings (SSSR count). The van der Waals surface area contributed by atoms with Gasteiger partial charge in [0.1, 0.15) is 5.52 Å². The number of pyridine rings is 2. The number of imidazole rings is 1. The maximum atomic E-state index is 13.6. The van der Waals surface area contributed by atoms with Crippen LogP contribution in [0.15, 0.2) is 47.5 Å². The van der Waals surface area contributed by atoms with Crippen LogP contribution in [0.3, 0.4) is 0 Å². The lowest BCUT2D eigenvalue weighted by Crippen LogP contribution is -2.48. The van der Waals surface area contributed by atoms with Gasteiger partial charge in [-0.05, 0) is 57.1 Å². The number of nitrogens with zero attached hydrogens (tertiary/aromatic N) is 6. The van der Waals surface area contributed by atoms with Gasteiger partial charge in [-0.1, -0.05) is 6.07 Å². The van der Waals surface area contributed by atoms with E-state index in [1.54, 1.807) is 0 Å². The van der Waals surface area contributed by atoms with Crippen LogP contribution in [0.25, 0.3) is 33.1 Å². The molecule has 1 aliphatic carbocycles. The average molecular weight is 489 g/mol. The van der Waals surface area contributed by atoms with Crippen LogP contribution in [0.2, 0.25) is 0 Å². The molecule has 188 valence electrons. The summed E-state index contributed by atoms with van der Waals surface area (Å²) in [5.74, 6) is 0.630. The van der Waals surface area contributed by atoms with E-state index in [0.29, 0.717) is 38.8 Å². The van der Waals surface area contributed by atoms with Crippen molar-refractivity contribution in [3.05, 3.63) is 53.2 Å². The topological polar surface area (TPSA) is 77.7 Å². The van der Waals surface area contributed by atoms with Crippen LogP contribution in [0, 0.1) is 0 Å². The summed E-state index contributed by atoms with van der Waals surface area (Å²) in [6.07, 6.45) is 6.73. The predicted molar refractivity (Wildman–Crippen MR) is 140 cm³/mol. The van der Waals surface area contributed by atoms with E-state index < -0.39 is 0 Å². The van der Waals surface area contributed by atoms with E-state index in [4.69, 9.17) is 14.5 Å². The van der Waals surface area contributed by atoms with Crippen molar-refractivity contribution in [2.45, 2.75) is 25.3 Å². The number of hydrogen-bond donors (Lipinski definition) is 0. The van der Waals surface area contributed by atoms with Crippen LogP contribution in [0.1, 0.15) is 25.3 Å². The third kappa shape index (κ3) is 4.33. The minimum absolute atomic E-state index is 0.0199. The fourth-order valence-electron chi connectivity index (χ4n) is 4.94. The molecule has 0 radical (unpaired) electrons. The molecular weight excluding hydrogens is 456 g/mol. The fraction of sp³-hybridized carbons (Fsp3) is 0.444. The van der Waals surface area contributed by atoms with Gasteiger partial charge in [-0.25, -0.2) is 14.5 Å². The van der Waals surface area contributed by atoms with Crippen molar-refractivity contribution in [2.75, 3.05) is 58.6 Å². The minimum atomic E-state index is 0.0199. The van der Waals surface area contributed by atoms with E-state index >= 15 is 0 Å². The maximum Gasteiger partial charge on any atom is 0.348 e. The summed E-state index contributed by atoms with van der Waals surface area (Å²) < 4.78 is 15.2. The lowest BCUT2D eigenvalue weighted by atomic mass is 10.0. The number of rotatable bonds is 8. The van der Waals surface area contributed by atoms with Crippen LogP contribution >= 0.6 is 0 Å². The molecule has 9 heteroatoms. The Morgan fingerprint density at radius 2 is 1.86 bits per heavy atom. The van der Waals surface area contributed by atoms with Crippen LogP contribution in [0.4, 0.5) is 0 Å². The summed E-state index contributed by atoms with van der Waals surface area (Å²) in [5, 5.41) is 3.08. The molecule has 0 atom stereocenters. The van der Waals surface area contributed by atoms with Crippen molar-refractivity contribution in [3.8, 4) is 17.0 Å². The Morgan fingerprint density at radius 3 is 2.58 bits per heavy atom. The normalized spacial score (nSPS) is 16.4. The molecule has 0 N–H and O–H groups in total. The molecule has 36 heavy (non-hydrogen) atoms. The fourth-order valence-corrected chi connectivity index (χ4v) is 4.94. The highest BCUT2D eigenvalue weighted by atomic mass is 16.5. The third-order valence-corrected chi connectivity index (χ3v) is 6.93. The Morgan fingerprint density at radius 1 is 1.06 bits per heavy atom. The zero-order valence-corrected chi connectivity index (χ0v) is 20.9. The number of aromatic nitrogens is 4. The highest BCUT2D eigenvalue weighted by Gasteiger charge is 2.31. The van der Waals surface area contributed by atoms with E-state index in [2.05, 4.69) is 41.1 Å². The molecule has 0 bridgehead atoms. The molecule has 9 nitrogen and oxygen atoms in total. The summed E-state index contributed by atoms with van der Waals surface area (Å²) >= 11 is 0. The Hall–Kier alpha value is -3.43. The summed E-state index contributed by atoms with van der Waals surface area (Å²) in [6, 6.07) is 10.4. The number of ether oxygens (including phenoxy) is 2. The summed E-state index contributed by atoms with van der Waals surface area (Å²) in [6.45, 7) is 4.23. The molecule has 4 heterocycles. The lowest BCUT2D eigenvalue weighted by Gasteiger charge is -2.29. The third-order valence-electron chi connectivity index (χ3n) is 6.93. The molecule has 3 aromatic heterocycles. The Labute approximate surface area is 209 Å². The van der Waals surface area contributed by atoms with Gasteiger partial charge in [-0.15, -0.1) is 0 Å². The molecule has 1 saturated heterocycles. The molecule has 0 unspecified atom stereocenters. The van der Waals surface area contributed by atoms with E-state index in [1.165, 1.54) is 0 Å². The quantitative estimate of drug-likeness (QED) is 0.353. The zero-order chi connectivity index (χ0) is 24.6. The molecule has 1 aromatic carbocycles. The van der Waals surface area contributed by atoms with Gasteiger partial charge < -0.3 is 19.4 Å². The molecule has 2 aliphatic rings. The van der Waals surface area contributed by atoms with E-state index in [1.807, 2.05) is 39.8 Å². The van der Waals surface area contributed by atoms with Crippen molar-refractivity contribution in [2.24, 2.45) is 0 Å². The smallest absolute Gasteiger partial charge is 0.348 e. The highest BCUT2D eigenvalue weighted by Crippen LogP contribution is 2.38. The van der Waals surface area contributed by atoms with Gasteiger partial charge in [0.25, 0.3) is 0 Å². The molecule has 1 aliphatic heterocycles. The van der Waals surface area contributed by atoms with Gasteiger partial charge in [0.05, 0.1) is 50.1 Å². The standard InChI is InChI=1S/C27H32N6O3/c1-30(2)10-3-13-36-25-9-5-20(17-29-25)19-4-8-23-22(16-19)26-24(18-28-23)32(21-6-7-21)27(34)33(26)31-11-14-35-15-12-31/h4-5,8-9,16-18,21H,3,6-7,10-15H2,1-2H3. The first-order chi connectivity index (χ1) is 17.6. The van der Waals surface area contributed by atoms with Crippen LogP contribution < -0.4 is 15.4 Å². The highest BCUT2D eigenvalue weighted by molar-refractivity contribution is 6.04. The molecule has 4 aromatic rings. The van der Waals surface area contributed by atoms with Gasteiger partial charge in [0.2, 0.25) is 5.88 Å². The Kier molecular flexibility index (Phi) is 6.10. The molecule has 0 spiro atoms. The van der Waals surface area contributed by atoms with Crippen molar-refractivity contribution in [1.82, 2.24) is 24.1 Å². The maximum absolute atomic E-state index is 13.6. The van der Waals surface area contributed by atoms with Crippen LogP contribution in [-0.4, -0.2) is 77.7 Å². The number of morpholine rings is 1. The molecular formula is C27H32N6O3. The van der Waals surface area contributed by atoms with Crippen molar-refractivity contribution in [1.29, 1.82) is 0 Å². The summed E-state index contributed by atoms with van der Waals surface area (Å²) in [7, 11) is 4.11. The SMILES string of the molecule is CN(C)CCCOc1ccc(-c2ccc3ncc4c(c3c2)n(N2CCOCC2)c(=O)n4C2CC2)cn1. The van der Waals surface area contributed by atoms with Crippen LogP contribution in [-0.2, 0) is 4.74 Å². The van der Waals surface area contributed by atoms with Crippen molar-refractivity contribution in [3.63, 3.8) is 0 Å². The Bertz CT molecular complexity index is 1430. The van der Waals surface area contributed by atoms with Crippen LogP contribution in [0.5, 0.6) is 5.88 Å².